The Morgan fingerprint density at radius 1 is 1.11 bits per heavy atom. The Kier molecular flexibility index (Phi) is 5.02. The van der Waals surface area contributed by atoms with E-state index in [0.29, 0.717) is 0 Å². The number of hydrogen-bond acceptors (Lipinski definition) is 2. The highest BCUT2D eigenvalue weighted by Crippen LogP contribution is 2.25. The van der Waals surface area contributed by atoms with Gasteiger partial charge in [-0.3, -0.25) is 0 Å². The number of benzene rings is 1. The minimum atomic E-state index is -4.17. The highest BCUT2D eigenvalue weighted by molar-refractivity contribution is 5.44. The molecule has 0 amide bonds. The number of nitrogens with one attached hydrogen (secondary N) is 1. The van der Waals surface area contributed by atoms with Crippen LogP contribution in [0.4, 0.5) is 13.2 Å². The van der Waals surface area contributed by atoms with E-state index in [1.54, 1.807) is 0 Å². The maximum absolute atomic E-state index is 11.9. The van der Waals surface area contributed by atoms with Crippen LogP contribution in [0, 0.1) is 20.8 Å². The van der Waals surface area contributed by atoms with Gasteiger partial charge in [-0.25, -0.2) is 0 Å². The lowest BCUT2D eigenvalue weighted by Gasteiger charge is -2.14. The van der Waals surface area contributed by atoms with Crippen molar-refractivity contribution in [3.8, 4) is 5.75 Å². The first kappa shape index (κ1) is 14.8. The van der Waals surface area contributed by atoms with E-state index >= 15 is 0 Å². The largest absolute Gasteiger partial charge is 0.492 e. The molecule has 1 rings (SSSR count). The lowest BCUT2D eigenvalue weighted by molar-refractivity contribution is -0.124. The summed E-state index contributed by atoms with van der Waals surface area (Å²) in [5.41, 5.74) is 3.14. The second-order valence-electron chi connectivity index (χ2n) is 4.29. The molecule has 0 heterocycles. The third-order valence-electron chi connectivity index (χ3n) is 2.72. The maximum Gasteiger partial charge on any atom is 0.401 e. The molecule has 0 bridgehead atoms. The Bertz CT molecular complexity index is 402. The third-order valence-corrected chi connectivity index (χ3v) is 2.72. The molecule has 1 N–H and O–H groups in total. The van der Waals surface area contributed by atoms with Crippen LogP contribution in [-0.2, 0) is 0 Å². The fraction of sp³-hybridized carbons (Fsp3) is 0.538. The molecule has 0 aromatic heterocycles. The summed E-state index contributed by atoms with van der Waals surface area (Å²) in [6.45, 7) is 5.25. The van der Waals surface area contributed by atoms with Crippen molar-refractivity contribution in [3.63, 3.8) is 0 Å². The van der Waals surface area contributed by atoms with Crippen molar-refractivity contribution in [1.29, 1.82) is 0 Å². The van der Waals surface area contributed by atoms with Gasteiger partial charge in [0.15, 0.2) is 0 Å². The fourth-order valence-electron chi connectivity index (χ4n) is 1.60. The van der Waals surface area contributed by atoms with Crippen molar-refractivity contribution < 1.29 is 17.9 Å². The molecule has 0 fully saturated rings. The van der Waals surface area contributed by atoms with Crippen LogP contribution >= 0.6 is 0 Å². The van der Waals surface area contributed by atoms with E-state index in [0.717, 1.165) is 22.4 Å². The van der Waals surface area contributed by atoms with Crippen LogP contribution < -0.4 is 10.1 Å². The van der Waals surface area contributed by atoms with Crippen molar-refractivity contribution in [3.05, 3.63) is 28.8 Å². The van der Waals surface area contributed by atoms with E-state index in [2.05, 4.69) is 5.32 Å². The summed E-state index contributed by atoms with van der Waals surface area (Å²) in [5.74, 6) is 0.767. The molecule has 0 saturated heterocycles. The Labute approximate surface area is 105 Å². The lowest BCUT2D eigenvalue weighted by Crippen LogP contribution is -2.31. The summed E-state index contributed by atoms with van der Waals surface area (Å²) in [7, 11) is 0. The van der Waals surface area contributed by atoms with Crippen molar-refractivity contribution >= 4 is 0 Å². The average molecular weight is 261 g/mol. The van der Waals surface area contributed by atoms with Gasteiger partial charge in [0.1, 0.15) is 12.4 Å². The molecule has 1 aromatic carbocycles. The second kappa shape index (κ2) is 6.09. The zero-order chi connectivity index (χ0) is 13.8. The topological polar surface area (TPSA) is 21.3 Å². The summed E-state index contributed by atoms with van der Waals surface area (Å²) in [6.07, 6.45) is -4.17. The molecule has 0 atom stereocenters. The first-order valence-electron chi connectivity index (χ1n) is 5.78. The SMILES string of the molecule is Cc1ccc(C)c(OCCNCC(F)(F)F)c1C. The van der Waals surface area contributed by atoms with Crippen molar-refractivity contribution in [1.82, 2.24) is 5.32 Å². The monoisotopic (exact) mass is 261 g/mol. The highest BCUT2D eigenvalue weighted by Gasteiger charge is 2.25. The highest BCUT2D eigenvalue weighted by atomic mass is 19.4. The van der Waals surface area contributed by atoms with E-state index in [1.165, 1.54) is 0 Å². The maximum atomic E-state index is 11.9. The van der Waals surface area contributed by atoms with E-state index < -0.39 is 12.7 Å². The normalized spacial score (nSPS) is 11.7. The van der Waals surface area contributed by atoms with E-state index in [1.807, 2.05) is 32.9 Å². The number of aryl methyl sites for hydroxylation is 2. The molecule has 5 heteroatoms. The number of rotatable bonds is 5. The van der Waals surface area contributed by atoms with Gasteiger partial charge >= 0.3 is 6.18 Å². The zero-order valence-corrected chi connectivity index (χ0v) is 10.8. The molecule has 0 unspecified atom stereocenters. The summed E-state index contributed by atoms with van der Waals surface area (Å²) in [4.78, 5) is 0. The molecule has 0 saturated carbocycles. The van der Waals surface area contributed by atoms with Gasteiger partial charge in [-0.2, -0.15) is 13.2 Å². The number of halogens is 3. The van der Waals surface area contributed by atoms with Gasteiger partial charge < -0.3 is 10.1 Å². The van der Waals surface area contributed by atoms with Gasteiger partial charge in [-0.15, -0.1) is 0 Å². The van der Waals surface area contributed by atoms with Crippen LogP contribution in [0.1, 0.15) is 16.7 Å². The first-order chi connectivity index (χ1) is 8.31. The van der Waals surface area contributed by atoms with Crippen LogP contribution in [0.3, 0.4) is 0 Å². The molecule has 102 valence electrons. The molecule has 18 heavy (non-hydrogen) atoms. The molecule has 0 radical (unpaired) electrons. The van der Waals surface area contributed by atoms with Crippen LogP contribution in [0.5, 0.6) is 5.75 Å². The van der Waals surface area contributed by atoms with Gasteiger partial charge in [-0.05, 0) is 37.5 Å². The summed E-state index contributed by atoms with van der Waals surface area (Å²) in [6, 6.07) is 3.94. The summed E-state index contributed by atoms with van der Waals surface area (Å²) in [5, 5.41) is 2.30. The number of ether oxygens (including phenoxy) is 1. The molecule has 0 spiro atoms. The van der Waals surface area contributed by atoms with Crippen LogP contribution in [-0.4, -0.2) is 25.9 Å². The predicted octanol–water partition coefficient (Wildman–Crippen LogP) is 3.14. The van der Waals surface area contributed by atoms with Gasteiger partial charge in [0.05, 0.1) is 6.54 Å². The van der Waals surface area contributed by atoms with Gasteiger partial charge in [-0.1, -0.05) is 12.1 Å². The molecular formula is C13H18F3NO. The molecule has 0 aliphatic carbocycles. The molecular weight excluding hydrogens is 243 g/mol. The van der Waals surface area contributed by atoms with Crippen molar-refractivity contribution in [2.75, 3.05) is 19.7 Å². The van der Waals surface area contributed by atoms with Crippen molar-refractivity contribution in [2.24, 2.45) is 0 Å². The van der Waals surface area contributed by atoms with Crippen LogP contribution in [0.15, 0.2) is 12.1 Å². The minimum Gasteiger partial charge on any atom is -0.492 e. The van der Waals surface area contributed by atoms with Gasteiger partial charge in [0.25, 0.3) is 0 Å². The van der Waals surface area contributed by atoms with E-state index in [9.17, 15) is 13.2 Å². The Morgan fingerprint density at radius 2 is 1.72 bits per heavy atom. The van der Waals surface area contributed by atoms with E-state index in [-0.39, 0.29) is 13.2 Å². The Balaban J connectivity index is 2.43. The number of hydrogen-bond donors (Lipinski definition) is 1. The third kappa shape index (κ3) is 4.56. The Hall–Kier alpha value is -1.23. The number of alkyl halides is 3. The predicted molar refractivity (Wildman–Crippen MR) is 65.1 cm³/mol. The zero-order valence-electron chi connectivity index (χ0n) is 10.8. The lowest BCUT2D eigenvalue weighted by atomic mass is 10.1. The summed E-state index contributed by atoms with van der Waals surface area (Å²) >= 11 is 0. The van der Waals surface area contributed by atoms with Gasteiger partial charge in [0, 0.05) is 6.54 Å². The average Bonchev–Trinajstić information content (AvgIpc) is 2.26. The molecule has 0 aliphatic heterocycles. The minimum absolute atomic E-state index is 0.173. The molecule has 0 aliphatic rings. The smallest absolute Gasteiger partial charge is 0.401 e. The second-order valence-corrected chi connectivity index (χ2v) is 4.29. The van der Waals surface area contributed by atoms with Gasteiger partial charge in [0.2, 0.25) is 0 Å². The van der Waals surface area contributed by atoms with Crippen LogP contribution in [0.2, 0.25) is 0 Å². The Morgan fingerprint density at radius 3 is 2.33 bits per heavy atom. The van der Waals surface area contributed by atoms with E-state index in [4.69, 9.17) is 4.74 Å². The standard InChI is InChI=1S/C13H18F3NO/c1-9-4-5-10(2)12(11(9)3)18-7-6-17-8-13(14,15)16/h4-5,17H,6-8H2,1-3H3. The quantitative estimate of drug-likeness (QED) is 0.822. The first-order valence-corrected chi connectivity index (χ1v) is 5.78. The summed E-state index contributed by atoms with van der Waals surface area (Å²) < 4.78 is 41.2. The van der Waals surface area contributed by atoms with Crippen LogP contribution in [0.25, 0.3) is 0 Å². The fourth-order valence-corrected chi connectivity index (χ4v) is 1.60. The molecule has 1 aromatic rings. The molecule has 2 nitrogen and oxygen atoms in total. The van der Waals surface area contributed by atoms with Crippen molar-refractivity contribution in [2.45, 2.75) is 26.9 Å².